The Balaban J connectivity index is 1.66. The van der Waals surface area contributed by atoms with Gasteiger partial charge in [0, 0.05) is 30.7 Å². The molecule has 0 bridgehead atoms. The average molecular weight is 360 g/mol. The molecule has 3 rings (SSSR count). The van der Waals surface area contributed by atoms with E-state index in [0.717, 1.165) is 26.1 Å². The molecule has 22 heavy (non-hydrogen) atoms. The fourth-order valence-corrected chi connectivity index (χ4v) is 3.84. The van der Waals surface area contributed by atoms with Crippen molar-refractivity contribution in [1.82, 2.24) is 4.90 Å². The standard InChI is InChI=1S/C19H22BrNO/c20-19-9-5-4-8-16(19)10-17-12-21(13-18(17)14-22)11-15-6-2-1-3-7-15/h1-9,17-18,22H,10-14H2. The first kappa shape index (κ1) is 15.7. The van der Waals surface area contributed by atoms with Gasteiger partial charge < -0.3 is 5.11 Å². The summed E-state index contributed by atoms with van der Waals surface area (Å²) in [5.74, 6) is 0.892. The molecular weight excluding hydrogens is 338 g/mol. The van der Waals surface area contributed by atoms with Crippen LogP contribution in [0.3, 0.4) is 0 Å². The zero-order valence-corrected chi connectivity index (χ0v) is 14.2. The molecule has 1 heterocycles. The maximum absolute atomic E-state index is 9.73. The van der Waals surface area contributed by atoms with Crippen molar-refractivity contribution in [3.8, 4) is 0 Å². The molecule has 0 aromatic heterocycles. The van der Waals surface area contributed by atoms with Crippen molar-refractivity contribution in [3.63, 3.8) is 0 Å². The molecule has 2 aromatic rings. The van der Waals surface area contributed by atoms with E-state index in [0.29, 0.717) is 11.8 Å². The lowest BCUT2D eigenvalue weighted by atomic mass is 9.90. The minimum atomic E-state index is 0.278. The highest BCUT2D eigenvalue weighted by atomic mass is 79.9. The van der Waals surface area contributed by atoms with Crippen molar-refractivity contribution in [3.05, 3.63) is 70.2 Å². The van der Waals surface area contributed by atoms with Crippen LogP contribution in [-0.2, 0) is 13.0 Å². The van der Waals surface area contributed by atoms with Gasteiger partial charge in [0.05, 0.1) is 0 Å². The molecule has 1 N–H and O–H groups in total. The van der Waals surface area contributed by atoms with Crippen molar-refractivity contribution in [2.45, 2.75) is 13.0 Å². The van der Waals surface area contributed by atoms with E-state index in [1.165, 1.54) is 15.6 Å². The third-order valence-electron chi connectivity index (χ3n) is 4.58. The Morgan fingerprint density at radius 1 is 0.955 bits per heavy atom. The minimum absolute atomic E-state index is 0.278. The first-order valence-electron chi connectivity index (χ1n) is 7.87. The van der Waals surface area contributed by atoms with Crippen LogP contribution in [0, 0.1) is 11.8 Å². The zero-order chi connectivity index (χ0) is 15.4. The van der Waals surface area contributed by atoms with Crippen LogP contribution < -0.4 is 0 Å². The predicted molar refractivity (Wildman–Crippen MR) is 93.6 cm³/mol. The summed E-state index contributed by atoms with van der Waals surface area (Å²) in [4.78, 5) is 2.47. The van der Waals surface area contributed by atoms with Gasteiger partial charge in [-0.05, 0) is 35.4 Å². The summed E-state index contributed by atoms with van der Waals surface area (Å²) in [5.41, 5.74) is 2.69. The maximum Gasteiger partial charge on any atom is 0.0474 e. The molecule has 1 aliphatic heterocycles. The van der Waals surface area contributed by atoms with Gasteiger partial charge >= 0.3 is 0 Å². The molecule has 2 unspecified atom stereocenters. The summed E-state index contributed by atoms with van der Waals surface area (Å²) < 4.78 is 1.17. The lowest BCUT2D eigenvalue weighted by Gasteiger charge is -2.17. The van der Waals surface area contributed by atoms with Gasteiger partial charge in [0.25, 0.3) is 0 Å². The van der Waals surface area contributed by atoms with Crippen molar-refractivity contribution in [2.24, 2.45) is 11.8 Å². The largest absolute Gasteiger partial charge is 0.396 e. The molecule has 2 atom stereocenters. The number of benzene rings is 2. The highest BCUT2D eigenvalue weighted by Crippen LogP contribution is 2.30. The van der Waals surface area contributed by atoms with E-state index in [1.54, 1.807) is 0 Å². The van der Waals surface area contributed by atoms with Crippen LogP contribution in [0.25, 0.3) is 0 Å². The van der Waals surface area contributed by atoms with Crippen LogP contribution >= 0.6 is 15.9 Å². The fourth-order valence-electron chi connectivity index (χ4n) is 3.39. The van der Waals surface area contributed by atoms with Crippen LogP contribution in [0.15, 0.2) is 59.1 Å². The van der Waals surface area contributed by atoms with Crippen molar-refractivity contribution in [1.29, 1.82) is 0 Å². The number of nitrogens with zero attached hydrogens (tertiary/aromatic N) is 1. The van der Waals surface area contributed by atoms with E-state index in [2.05, 4.69) is 69.4 Å². The maximum atomic E-state index is 9.73. The van der Waals surface area contributed by atoms with Crippen LogP contribution in [0.5, 0.6) is 0 Å². The molecule has 0 amide bonds. The van der Waals surface area contributed by atoms with E-state index in [1.807, 2.05) is 6.07 Å². The van der Waals surface area contributed by atoms with E-state index >= 15 is 0 Å². The summed E-state index contributed by atoms with van der Waals surface area (Å²) in [6, 6.07) is 19.0. The van der Waals surface area contributed by atoms with Gasteiger partial charge in [0.2, 0.25) is 0 Å². The van der Waals surface area contributed by atoms with Crippen molar-refractivity contribution >= 4 is 15.9 Å². The second kappa shape index (κ2) is 7.40. The van der Waals surface area contributed by atoms with Gasteiger partial charge in [-0.15, -0.1) is 0 Å². The van der Waals surface area contributed by atoms with Crippen molar-refractivity contribution < 1.29 is 5.11 Å². The molecule has 1 saturated heterocycles. The fraction of sp³-hybridized carbons (Fsp3) is 0.368. The smallest absolute Gasteiger partial charge is 0.0474 e. The summed E-state index contributed by atoms with van der Waals surface area (Å²) in [7, 11) is 0. The van der Waals surface area contributed by atoms with E-state index < -0.39 is 0 Å². The Labute approximate surface area is 140 Å². The Hall–Kier alpha value is -1.16. The Kier molecular flexibility index (Phi) is 5.29. The van der Waals surface area contributed by atoms with Gasteiger partial charge in [-0.25, -0.2) is 0 Å². The first-order valence-corrected chi connectivity index (χ1v) is 8.66. The number of likely N-dealkylation sites (tertiary alicyclic amines) is 1. The molecule has 0 saturated carbocycles. The average Bonchev–Trinajstić information content (AvgIpc) is 2.92. The number of aliphatic hydroxyl groups is 1. The molecule has 1 aliphatic rings. The van der Waals surface area contributed by atoms with Gasteiger partial charge in [0.1, 0.15) is 0 Å². The SMILES string of the molecule is OCC1CN(Cc2ccccc2)CC1Cc1ccccc1Br. The molecule has 3 heteroatoms. The molecular formula is C19H22BrNO. The molecule has 1 fully saturated rings. The monoisotopic (exact) mass is 359 g/mol. The predicted octanol–water partition coefficient (Wildman–Crippen LogP) is 3.73. The molecule has 116 valence electrons. The Morgan fingerprint density at radius 2 is 1.64 bits per heavy atom. The lowest BCUT2D eigenvalue weighted by Crippen LogP contribution is -2.20. The molecule has 0 aliphatic carbocycles. The summed E-state index contributed by atoms with van der Waals surface area (Å²) >= 11 is 3.64. The van der Waals surface area contributed by atoms with Crippen LogP contribution in [0.2, 0.25) is 0 Å². The number of aliphatic hydroxyl groups excluding tert-OH is 1. The Morgan fingerprint density at radius 3 is 2.36 bits per heavy atom. The van der Waals surface area contributed by atoms with Gasteiger partial charge in [-0.1, -0.05) is 64.5 Å². The van der Waals surface area contributed by atoms with Crippen LogP contribution in [0.1, 0.15) is 11.1 Å². The quantitative estimate of drug-likeness (QED) is 0.878. The first-order chi connectivity index (χ1) is 10.8. The lowest BCUT2D eigenvalue weighted by molar-refractivity contribution is 0.199. The summed E-state index contributed by atoms with van der Waals surface area (Å²) in [6.45, 7) is 3.30. The van der Waals surface area contributed by atoms with Gasteiger partial charge in [0.15, 0.2) is 0 Å². The number of halogens is 1. The Bertz CT molecular complexity index is 601. The van der Waals surface area contributed by atoms with E-state index in [-0.39, 0.29) is 6.61 Å². The molecule has 0 radical (unpaired) electrons. The van der Waals surface area contributed by atoms with Gasteiger partial charge in [-0.2, -0.15) is 0 Å². The second-order valence-electron chi connectivity index (χ2n) is 6.18. The summed E-state index contributed by atoms with van der Waals surface area (Å²) in [5, 5.41) is 9.73. The third-order valence-corrected chi connectivity index (χ3v) is 5.35. The minimum Gasteiger partial charge on any atom is -0.396 e. The normalized spacial score (nSPS) is 22.1. The van der Waals surface area contributed by atoms with E-state index in [9.17, 15) is 5.11 Å². The van der Waals surface area contributed by atoms with E-state index in [4.69, 9.17) is 0 Å². The zero-order valence-electron chi connectivity index (χ0n) is 12.7. The highest BCUT2D eigenvalue weighted by molar-refractivity contribution is 9.10. The number of hydrogen-bond acceptors (Lipinski definition) is 2. The van der Waals surface area contributed by atoms with Crippen LogP contribution in [0.4, 0.5) is 0 Å². The molecule has 2 aromatic carbocycles. The van der Waals surface area contributed by atoms with Crippen LogP contribution in [-0.4, -0.2) is 29.7 Å². The highest BCUT2D eigenvalue weighted by Gasteiger charge is 2.32. The number of hydrogen-bond donors (Lipinski definition) is 1. The van der Waals surface area contributed by atoms with Gasteiger partial charge in [-0.3, -0.25) is 4.90 Å². The summed E-state index contributed by atoms with van der Waals surface area (Å²) in [6.07, 6.45) is 1.03. The van der Waals surface area contributed by atoms with Crippen molar-refractivity contribution in [2.75, 3.05) is 19.7 Å². The molecule has 2 nitrogen and oxygen atoms in total. The third kappa shape index (κ3) is 3.78. The molecule has 0 spiro atoms. The topological polar surface area (TPSA) is 23.5 Å². The second-order valence-corrected chi connectivity index (χ2v) is 7.03. The number of rotatable bonds is 5.